The van der Waals surface area contributed by atoms with E-state index in [-0.39, 0.29) is 0 Å². The molecular formula is C11H20F3NO. The Labute approximate surface area is 94.5 Å². The topological polar surface area (TPSA) is 21.3 Å². The molecule has 0 aliphatic carbocycles. The van der Waals surface area contributed by atoms with Gasteiger partial charge in [-0.2, -0.15) is 13.2 Å². The lowest BCUT2D eigenvalue weighted by Crippen LogP contribution is -2.36. The fourth-order valence-corrected chi connectivity index (χ4v) is 2.19. The minimum atomic E-state index is -4.07. The van der Waals surface area contributed by atoms with Crippen molar-refractivity contribution in [3.8, 4) is 0 Å². The Hall–Kier alpha value is -0.290. The van der Waals surface area contributed by atoms with E-state index in [0.717, 1.165) is 12.8 Å². The van der Waals surface area contributed by atoms with Gasteiger partial charge in [-0.25, -0.2) is 0 Å². The Morgan fingerprint density at radius 2 is 1.94 bits per heavy atom. The van der Waals surface area contributed by atoms with Crippen molar-refractivity contribution >= 4 is 0 Å². The maximum absolute atomic E-state index is 12.3. The molecule has 1 aliphatic rings. The fourth-order valence-electron chi connectivity index (χ4n) is 2.19. The molecule has 1 atom stereocenters. The smallest absolute Gasteiger partial charge is 0.381 e. The van der Waals surface area contributed by atoms with Gasteiger partial charge in [0.25, 0.3) is 0 Å². The summed E-state index contributed by atoms with van der Waals surface area (Å²) in [6.07, 6.45) is -2.41. The van der Waals surface area contributed by atoms with Crippen LogP contribution >= 0.6 is 0 Å². The molecule has 0 spiro atoms. The van der Waals surface area contributed by atoms with E-state index >= 15 is 0 Å². The number of rotatable bonds is 5. The molecule has 2 nitrogen and oxygen atoms in total. The summed E-state index contributed by atoms with van der Waals surface area (Å²) in [7, 11) is 0. The molecule has 1 rings (SSSR count). The highest BCUT2D eigenvalue weighted by Crippen LogP contribution is 2.27. The summed E-state index contributed by atoms with van der Waals surface area (Å²) in [5, 5.41) is 2.93. The molecule has 1 aliphatic heterocycles. The number of nitrogens with one attached hydrogen (secondary N) is 1. The first-order chi connectivity index (χ1) is 7.51. The van der Waals surface area contributed by atoms with E-state index in [1.807, 2.05) is 6.92 Å². The van der Waals surface area contributed by atoms with Crippen molar-refractivity contribution in [1.29, 1.82) is 0 Å². The van der Waals surface area contributed by atoms with Gasteiger partial charge in [-0.05, 0) is 31.7 Å². The van der Waals surface area contributed by atoms with Crippen LogP contribution in [-0.2, 0) is 4.74 Å². The van der Waals surface area contributed by atoms with Crippen molar-refractivity contribution in [1.82, 2.24) is 5.32 Å². The lowest BCUT2D eigenvalue weighted by Gasteiger charge is -2.27. The molecule has 1 saturated heterocycles. The molecule has 0 radical (unpaired) electrons. The van der Waals surface area contributed by atoms with Gasteiger partial charge in [-0.1, -0.05) is 6.92 Å². The van der Waals surface area contributed by atoms with Gasteiger partial charge in [0.2, 0.25) is 0 Å². The van der Waals surface area contributed by atoms with Crippen molar-refractivity contribution in [3.63, 3.8) is 0 Å². The summed E-state index contributed by atoms with van der Waals surface area (Å²) in [5.74, 6) is 0.375. The molecule has 0 amide bonds. The third-order valence-corrected chi connectivity index (χ3v) is 2.93. The monoisotopic (exact) mass is 239 g/mol. The van der Waals surface area contributed by atoms with Crippen LogP contribution in [0.3, 0.4) is 0 Å². The lowest BCUT2D eigenvalue weighted by molar-refractivity contribution is -0.141. The Morgan fingerprint density at radius 1 is 1.31 bits per heavy atom. The van der Waals surface area contributed by atoms with Gasteiger partial charge in [0.1, 0.15) is 0 Å². The fraction of sp³-hybridized carbons (Fsp3) is 1.00. The molecule has 0 aromatic heterocycles. The van der Waals surface area contributed by atoms with Crippen LogP contribution in [0.5, 0.6) is 0 Å². The number of alkyl halides is 3. The zero-order chi connectivity index (χ0) is 12.0. The summed E-state index contributed by atoms with van der Waals surface area (Å²) in [6, 6.07) is -0.437. The molecule has 16 heavy (non-hydrogen) atoms. The molecule has 0 aromatic carbocycles. The zero-order valence-electron chi connectivity index (χ0n) is 9.65. The highest BCUT2D eigenvalue weighted by Gasteiger charge is 2.32. The Kier molecular flexibility index (Phi) is 5.55. The van der Waals surface area contributed by atoms with Crippen LogP contribution in [-0.4, -0.2) is 32.0 Å². The van der Waals surface area contributed by atoms with Gasteiger partial charge in [0.15, 0.2) is 0 Å². The average Bonchev–Trinajstić information content (AvgIpc) is 2.17. The molecule has 1 heterocycles. The van der Waals surface area contributed by atoms with E-state index in [2.05, 4.69) is 5.32 Å². The van der Waals surface area contributed by atoms with E-state index < -0.39 is 18.6 Å². The van der Waals surface area contributed by atoms with Crippen molar-refractivity contribution in [2.45, 2.75) is 44.8 Å². The molecule has 0 saturated carbocycles. The number of ether oxygens (including phenoxy) is 1. The van der Waals surface area contributed by atoms with Crippen molar-refractivity contribution in [2.24, 2.45) is 5.92 Å². The Balaban J connectivity index is 2.36. The third kappa shape index (κ3) is 5.70. The van der Waals surface area contributed by atoms with Crippen LogP contribution in [0, 0.1) is 5.92 Å². The van der Waals surface area contributed by atoms with Crippen molar-refractivity contribution < 1.29 is 17.9 Å². The molecule has 1 unspecified atom stereocenters. The standard InChI is InChI=1S/C11H20F3NO/c1-2-15-10(8-11(12,13)14)7-9-3-5-16-6-4-9/h9-10,15H,2-8H2,1H3. The summed E-state index contributed by atoms with van der Waals surface area (Å²) in [5.41, 5.74) is 0. The second-order valence-electron chi connectivity index (χ2n) is 4.37. The Bertz CT molecular complexity index is 190. The first kappa shape index (κ1) is 13.8. The van der Waals surface area contributed by atoms with Gasteiger partial charge >= 0.3 is 6.18 Å². The van der Waals surface area contributed by atoms with Crippen molar-refractivity contribution in [2.75, 3.05) is 19.8 Å². The van der Waals surface area contributed by atoms with E-state index in [1.54, 1.807) is 0 Å². The summed E-state index contributed by atoms with van der Waals surface area (Å²) >= 11 is 0. The van der Waals surface area contributed by atoms with Crippen LogP contribution in [0.2, 0.25) is 0 Å². The first-order valence-corrected chi connectivity index (χ1v) is 5.89. The van der Waals surface area contributed by atoms with Gasteiger partial charge in [0.05, 0.1) is 6.42 Å². The van der Waals surface area contributed by atoms with E-state index in [0.29, 0.717) is 32.1 Å². The van der Waals surface area contributed by atoms with Gasteiger partial charge < -0.3 is 10.1 Å². The predicted molar refractivity (Wildman–Crippen MR) is 56.3 cm³/mol. The van der Waals surface area contributed by atoms with Crippen LogP contribution in [0.4, 0.5) is 13.2 Å². The lowest BCUT2D eigenvalue weighted by atomic mass is 9.91. The molecule has 1 fully saturated rings. The van der Waals surface area contributed by atoms with Crippen molar-refractivity contribution in [3.05, 3.63) is 0 Å². The van der Waals surface area contributed by atoms with E-state index in [9.17, 15) is 13.2 Å². The molecule has 5 heteroatoms. The normalized spacial score (nSPS) is 21.0. The molecule has 0 aromatic rings. The van der Waals surface area contributed by atoms with E-state index in [4.69, 9.17) is 4.74 Å². The second-order valence-corrected chi connectivity index (χ2v) is 4.37. The first-order valence-electron chi connectivity index (χ1n) is 5.89. The quantitative estimate of drug-likeness (QED) is 0.796. The summed E-state index contributed by atoms with van der Waals surface area (Å²) in [4.78, 5) is 0. The number of halogens is 3. The molecule has 96 valence electrons. The largest absolute Gasteiger partial charge is 0.390 e. The van der Waals surface area contributed by atoms with Crippen LogP contribution in [0.25, 0.3) is 0 Å². The molecule has 1 N–H and O–H groups in total. The third-order valence-electron chi connectivity index (χ3n) is 2.93. The minimum absolute atomic E-state index is 0.375. The predicted octanol–water partition coefficient (Wildman–Crippen LogP) is 2.73. The summed E-state index contributed by atoms with van der Waals surface area (Å²) < 4.78 is 42.2. The maximum Gasteiger partial charge on any atom is 0.390 e. The average molecular weight is 239 g/mol. The minimum Gasteiger partial charge on any atom is -0.381 e. The van der Waals surface area contributed by atoms with Gasteiger partial charge in [0, 0.05) is 19.3 Å². The van der Waals surface area contributed by atoms with Crippen LogP contribution < -0.4 is 5.32 Å². The van der Waals surface area contributed by atoms with Crippen LogP contribution in [0.15, 0.2) is 0 Å². The highest BCUT2D eigenvalue weighted by molar-refractivity contribution is 4.76. The second kappa shape index (κ2) is 6.45. The Morgan fingerprint density at radius 3 is 2.44 bits per heavy atom. The maximum atomic E-state index is 12.3. The summed E-state index contributed by atoms with van der Waals surface area (Å²) in [6.45, 7) is 3.81. The van der Waals surface area contributed by atoms with E-state index in [1.165, 1.54) is 0 Å². The molecular weight excluding hydrogens is 219 g/mol. The van der Waals surface area contributed by atoms with Gasteiger partial charge in [-0.3, -0.25) is 0 Å². The zero-order valence-corrected chi connectivity index (χ0v) is 9.65. The SMILES string of the molecule is CCNC(CC1CCOCC1)CC(F)(F)F. The highest BCUT2D eigenvalue weighted by atomic mass is 19.4. The van der Waals surface area contributed by atoms with Crippen LogP contribution in [0.1, 0.15) is 32.6 Å². The number of hydrogen-bond donors (Lipinski definition) is 1. The van der Waals surface area contributed by atoms with Gasteiger partial charge in [-0.15, -0.1) is 0 Å². The molecule has 0 bridgehead atoms. The number of hydrogen-bond acceptors (Lipinski definition) is 2.